The second-order valence-corrected chi connectivity index (χ2v) is 7.77. The molecule has 1 aromatic heterocycles. The highest BCUT2D eigenvalue weighted by molar-refractivity contribution is 5.79. The topological polar surface area (TPSA) is 48.7 Å². The van der Waals surface area contributed by atoms with Crippen molar-refractivity contribution in [3.8, 4) is 0 Å². The second kappa shape index (κ2) is 8.72. The number of hydrogen-bond donors (Lipinski definition) is 1. The van der Waals surface area contributed by atoms with Crippen LogP contribution in [0.3, 0.4) is 0 Å². The van der Waals surface area contributed by atoms with Gasteiger partial charge < -0.3 is 14.6 Å². The van der Waals surface area contributed by atoms with Crippen LogP contribution in [-0.4, -0.2) is 54.0 Å². The Balaban J connectivity index is 1.19. The first kappa shape index (κ1) is 18.3. The first-order chi connectivity index (χ1) is 13.3. The number of nitrogens with zero attached hydrogens (tertiary/aromatic N) is 2. The number of amides is 1. The van der Waals surface area contributed by atoms with Gasteiger partial charge >= 0.3 is 0 Å². The number of nitrogens with one attached hydrogen (secondary N) is 1. The van der Waals surface area contributed by atoms with Crippen molar-refractivity contribution in [1.29, 1.82) is 0 Å². The highest BCUT2D eigenvalue weighted by atomic mass is 16.3. The largest absolute Gasteiger partial charge is 0.468 e. The van der Waals surface area contributed by atoms with Crippen LogP contribution in [0.1, 0.15) is 30.6 Å². The third-order valence-electron chi connectivity index (χ3n) is 5.75. The summed E-state index contributed by atoms with van der Waals surface area (Å²) in [5.41, 5.74) is 1.30. The summed E-state index contributed by atoms with van der Waals surface area (Å²) in [6, 6.07) is 15.2. The first-order valence-corrected chi connectivity index (χ1v) is 10.1. The van der Waals surface area contributed by atoms with E-state index < -0.39 is 0 Å². The molecule has 2 saturated heterocycles. The van der Waals surface area contributed by atoms with E-state index in [1.165, 1.54) is 5.56 Å². The van der Waals surface area contributed by atoms with Gasteiger partial charge in [0.2, 0.25) is 5.91 Å². The number of hydrogen-bond acceptors (Lipinski definition) is 4. The normalized spacial score (nSPS) is 21.9. The molecule has 1 N–H and O–H groups in total. The molecule has 1 amide bonds. The van der Waals surface area contributed by atoms with E-state index in [9.17, 15) is 4.79 Å². The molecule has 27 heavy (non-hydrogen) atoms. The molecule has 2 aromatic rings. The minimum absolute atomic E-state index is 0.290. The van der Waals surface area contributed by atoms with E-state index in [4.69, 9.17) is 4.42 Å². The Morgan fingerprint density at radius 3 is 2.59 bits per heavy atom. The molecule has 1 unspecified atom stereocenters. The zero-order chi connectivity index (χ0) is 18.5. The fraction of sp³-hybridized carbons (Fsp3) is 0.500. The van der Waals surface area contributed by atoms with Crippen molar-refractivity contribution >= 4 is 5.91 Å². The molecule has 0 saturated carbocycles. The van der Waals surface area contributed by atoms with Crippen LogP contribution >= 0.6 is 0 Å². The van der Waals surface area contributed by atoms with Crippen molar-refractivity contribution in [3.05, 3.63) is 60.1 Å². The highest BCUT2D eigenvalue weighted by Gasteiger charge is 2.31. The number of rotatable bonds is 7. The Bertz CT molecular complexity index is 708. The molecule has 2 aliphatic heterocycles. The number of carbonyl (C=O) groups is 1. The van der Waals surface area contributed by atoms with E-state index in [1.54, 1.807) is 6.26 Å². The lowest BCUT2D eigenvalue weighted by Crippen LogP contribution is -2.46. The Kier molecular flexibility index (Phi) is 5.90. The molecule has 0 spiro atoms. The van der Waals surface area contributed by atoms with E-state index >= 15 is 0 Å². The van der Waals surface area contributed by atoms with Crippen LogP contribution in [0.15, 0.2) is 53.1 Å². The van der Waals surface area contributed by atoms with E-state index in [-0.39, 0.29) is 0 Å². The van der Waals surface area contributed by atoms with Crippen LogP contribution in [0.5, 0.6) is 0 Å². The molecular formula is C22H29N3O2. The summed E-state index contributed by atoms with van der Waals surface area (Å²) in [6.45, 7) is 4.73. The molecule has 1 atom stereocenters. The monoisotopic (exact) mass is 367 g/mol. The van der Waals surface area contributed by atoms with Gasteiger partial charge in [-0.3, -0.25) is 9.69 Å². The van der Waals surface area contributed by atoms with E-state index in [1.807, 2.05) is 23.1 Å². The fourth-order valence-electron chi connectivity index (χ4n) is 4.22. The van der Waals surface area contributed by atoms with Gasteiger partial charge in [0.1, 0.15) is 5.76 Å². The Labute approximate surface area is 161 Å². The first-order valence-electron chi connectivity index (χ1n) is 10.1. The summed E-state index contributed by atoms with van der Waals surface area (Å²) in [5, 5.41) is 3.74. The maximum Gasteiger partial charge on any atom is 0.224 e. The fourth-order valence-corrected chi connectivity index (χ4v) is 4.22. The van der Waals surface area contributed by atoms with Crippen molar-refractivity contribution < 1.29 is 9.21 Å². The molecule has 3 heterocycles. The molecule has 0 bridgehead atoms. The second-order valence-electron chi connectivity index (χ2n) is 7.77. The van der Waals surface area contributed by atoms with Gasteiger partial charge in [-0.25, -0.2) is 0 Å². The Hall–Kier alpha value is -2.11. The minimum Gasteiger partial charge on any atom is -0.468 e. The number of piperidine rings is 1. The van der Waals surface area contributed by atoms with Gasteiger partial charge in [-0.2, -0.15) is 0 Å². The average molecular weight is 367 g/mol. The van der Waals surface area contributed by atoms with Gasteiger partial charge in [-0.1, -0.05) is 30.3 Å². The van der Waals surface area contributed by atoms with Gasteiger partial charge in [0, 0.05) is 44.7 Å². The van der Waals surface area contributed by atoms with Crippen LogP contribution in [0.4, 0.5) is 0 Å². The predicted molar refractivity (Wildman–Crippen MR) is 105 cm³/mol. The molecule has 0 radical (unpaired) electrons. The maximum atomic E-state index is 12.3. The molecule has 144 valence electrons. The molecule has 5 nitrogen and oxygen atoms in total. The van der Waals surface area contributed by atoms with E-state index in [0.29, 0.717) is 24.4 Å². The van der Waals surface area contributed by atoms with E-state index in [0.717, 1.165) is 57.7 Å². The molecule has 2 fully saturated rings. The summed E-state index contributed by atoms with van der Waals surface area (Å²) in [7, 11) is 0. The van der Waals surface area contributed by atoms with Gasteiger partial charge in [-0.15, -0.1) is 0 Å². The summed E-state index contributed by atoms with van der Waals surface area (Å²) >= 11 is 0. The van der Waals surface area contributed by atoms with Gasteiger partial charge in [0.05, 0.1) is 12.8 Å². The van der Waals surface area contributed by atoms with E-state index in [2.05, 4.69) is 34.5 Å². The molecule has 0 aliphatic carbocycles. The lowest BCUT2D eigenvalue weighted by molar-refractivity contribution is -0.127. The third-order valence-corrected chi connectivity index (χ3v) is 5.75. The molecular weight excluding hydrogens is 338 g/mol. The zero-order valence-electron chi connectivity index (χ0n) is 15.8. The van der Waals surface area contributed by atoms with Gasteiger partial charge in [0.25, 0.3) is 0 Å². The van der Waals surface area contributed by atoms with Crippen molar-refractivity contribution in [2.45, 2.75) is 44.3 Å². The number of likely N-dealkylation sites (tertiary alicyclic amines) is 2. The van der Waals surface area contributed by atoms with Crippen molar-refractivity contribution in [1.82, 2.24) is 15.1 Å². The van der Waals surface area contributed by atoms with Crippen molar-refractivity contribution in [2.24, 2.45) is 0 Å². The van der Waals surface area contributed by atoms with Crippen LogP contribution in [0.2, 0.25) is 0 Å². The van der Waals surface area contributed by atoms with Crippen LogP contribution < -0.4 is 5.32 Å². The molecule has 4 rings (SSSR count). The minimum atomic E-state index is 0.290. The standard InChI is InChI=1S/C22H29N3O2/c26-22-15-20(16-25(22)13-8-18-5-2-1-3-6-18)23-19-9-11-24(12-10-19)17-21-7-4-14-27-21/h1-7,14,19-20,23H,8-13,15-17H2. The van der Waals surface area contributed by atoms with Crippen LogP contribution in [0.25, 0.3) is 0 Å². The smallest absolute Gasteiger partial charge is 0.224 e. The van der Waals surface area contributed by atoms with Crippen molar-refractivity contribution in [2.75, 3.05) is 26.2 Å². The third kappa shape index (κ3) is 4.99. The molecule has 5 heteroatoms. The summed E-state index contributed by atoms with van der Waals surface area (Å²) in [5.74, 6) is 1.33. The molecule has 2 aliphatic rings. The Morgan fingerprint density at radius 2 is 1.85 bits per heavy atom. The summed E-state index contributed by atoms with van der Waals surface area (Å²) < 4.78 is 5.45. The van der Waals surface area contributed by atoms with Gasteiger partial charge in [0.15, 0.2) is 0 Å². The lowest BCUT2D eigenvalue weighted by Gasteiger charge is -2.33. The van der Waals surface area contributed by atoms with Crippen LogP contribution in [-0.2, 0) is 17.8 Å². The SMILES string of the molecule is O=C1CC(NC2CCN(Cc3ccco3)CC2)CN1CCc1ccccc1. The maximum absolute atomic E-state index is 12.3. The van der Waals surface area contributed by atoms with Crippen LogP contribution in [0, 0.1) is 0 Å². The average Bonchev–Trinajstić information content (AvgIpc) is 3.32. The lowest BCUT2D eigenvalue weighted by atomic mass is 10.0. The Morgan fingerprint density at radius 1 is 1.04 bits per heavy atom. The van der Waals surface area contributed by atoms with Gasteiger partial charge in [-0.05, 0) is 37.0 Å². The predicted octanol–water partition coefficient (Wildman–Crippen LogP) is 2.68. The zero-order valence-corrected chi connectivity index (χ0v) is 15.8. The number of carbonyl (C=O) groups excluding carboxylic acids is 1. The van der Waals surface area contributed by atoms with Crippen molar-refractivity contribution in [3.63, 3.8) is 0 Å². The number of benzene rings is 1. The summed E-state index contributed by atoms with van der Waals surface area (Å²) in [6.07, 6.45) is 5.58. The highest BCUT2D eigenvalue weighted by Crippen LogP contribution is 2.18. The molecule has 1 aromatic carbocycles. The number of furan rings is 1. The summed E-state index contributed by atoms with van der Waals surface area (Å²) in [4.78, 5) is 16.8. The quantitative estimate of drug-likeness (QED) is 0.817.